The maximum Gasteiger partial charge on any atom is 0.191 e. The minimum Gasteiger partial charge on any atom is -0.393 e. The third kappa shape index (κ3) is 4.22. The van der Waals surface area contributed by atoms with E-state index in [4.69, 9.17) is 16.6 Å². The van der Waals surface area contributed by atoms with Gasteiger partial charge in [0.2, 0.25) is 0 Å². The molecule has 0 aromatic heterocycles. The Morgan fingerprint density at radius 3 is 2.79 bits per heavy atom. The molecule has 0 amide bonds. The molecule has 0 spiro atoms. The fourth-order valence-corrected chi connectivity index (χ4v) is 3.75. The highest BCUT2D eigenvalue weighted by Gasteiger charge is 2.44. The summed E-state index contributed by atoms with van der Waals surface area (Å²) >= 11 is 6.14. The lowest BCUT2D eigenvalue weighted by molar-refractivity contribution is 0.134. The molecule has 0 aliphatic heterocycles. The van der Waals surface area contributed by atoms with Crippen LogP contribution in [-0.2, 0) is 5.41 Å². The number of rotatable bonds is 6. The topological polar surface area (TPSA) is 56.7 Å². The third-order valence-electron chi connectivity index (χ3n) is 5.33. The zero-order valence-electron chi connectivity index (χ0n) is 14.4. The van der Waals surface area contributed by atoms with Crippen LogP contribution in [-0.4, -0.2) is 36.8 Å². The Kier molecular flexibility index (Phi) is 5.67. The van der Waals surface area contributed by atoms with Crippen molar-refractivity contribution in [2.45, 2.75) is 50.5 Å². The van der Waals surface area contributed by atoms with Gasteiger partial charge in [0.05, 0.1) is 12.6 Å². The number of halogens is 1. The molecule has 0 radical (unpaired) electrons. The van der Waals surface area contributed by atoms with Gasteiger partial charge in [-0.15, -0.1) is 0 Å². The highest BCUT2D eigenvalue weighted by Crippen LogP contribution is 2.48. The van der Waals surface area contributed by atoms with Gasteiger partial charge in [0.1, 0.15) is 0 Å². The first-order valence-corrected chi connectivity index (χ1v) is 9.47. The molecule has 0 bridgehead atoms. The van der Waals surface area contributed by atoms with Crippen LogP contribution >= 0.6 is 11.6 Å². The standard InChI is InChI=1S/C19H28ClN3O/c1-2-21-18(22-12-14-5-3-8-17(14)24)23-13-19(9-10-19)15-6-4-7-16(20)11-15/h4,6-7,11,14,17,24H,2-3,5,8-10,12-13H2,1H3,(H2,21,22,23). The number of aliphatic imine (C=N–C) groups is 1. The summed E-state index contributed by atoms with van der Waals surface area (Å²) in [7, 11) is 0. The number of guanidine groups is 1. The van der Waals surface area contributed by atoms with Gasteiger partial charge in [-0.3, -0.25) is 4.99 Å². The molecule has 2 saturated carbocycles. The van der Waals surface area contributed by atoms with E-state index in [0.29, 0.717) is 5.92 Å². The Balaban J connectivity index is 1.61. The second-order valence-corrected chi connectivity index (χ2v) is 7.56. The highest BCUT2D eigenvalue weighted by atomic mass is 35.5. The predicted octanol–water partition coefficient (Wildman–Crippen LogP) is 3.09. The zero-order valence-corrected chi connectivity index (χ0v) is 15.1. The van der Waals surface area contributed by atoms with Gasteiger partial charge in [0.15, 0.2) is 5.96 Å². The van der Waals surface area contributed by atoms with Crippen LogP contribution in [0.2, 0.25) is 5.02 Å². The second kappa shape index (κ2) is 7.75. The SMILES string of the molecule is CCNC(=NCC1(c2cccc(Cl)c2)CC1)NCC1CCCC1O. The number of aliphatic hydroxyl groups excluding tert-OH is 1. The van der Waals surface area contributed by atoms with Crippen molar-refractivity contribution < 1.29 is 5.11 Å². The summed E-state index contributed by atoms with van der Waals surface area (Å²) < 4.78 is 0. The van der Waals surface area contributed by atoms with E-state index in [1.54, 1.807) is 0 Å². The van der Waals surface area contributed by atoms with Crippen molar-refractivity contribution in [2.75, 3.05) is 19.6 Å². The van der Waals surface area contributed by atoms with Crippen molar-refractivity contribution in [3.05, 3.63) is 34.9 Å². The molecule has 3 rings (SSSR count). The summed E-state index contributed by atoms with van der Waals surface area (Å²) in [6, 6.07) is 8.16. The van der Waals surface area contributed by atoms with E-state index in [9.17, 15) is 5.11 Å². The number of hydrogen-bond acceptors (Lipinski definition) is 2. The van der Waals surface area contributed by atoms with Crippen LogP contribution in [0.3, 0.4) is 0 Å². The van der Waals surface area contributed by atoms with Crippen LogP contribution in [0.25, 0.3) is 0 Å². The van der Waals surface area contributed by atoms with E-state index in [1.165, 1.54) is 5.56 Å². The minimum atomic E-state index is -0.165. The fraction of sp³-hybridized carbons (Fsp3) is 0.632. The largest absolute Gasteiger partial charge is 0.393 e. The molecule has 2 unspecified atom stereocenters. The first-order valence-electron chi connectivity index (χ1n) is 9.09. The van der Waals surface area contributed by atoms with Crippen LogP contribution in [0, 0.1) is 5.92 Å². The van der Waals surface area contributed by atoms with Crippen molar-refractivity contribution in [3.8, 4) is 0 Å². The smallest absolute Gasteiger partial charge is 0.191 e. The number of nitrogens with one attached hydrogen (secondary N) is 2. The lowest BCUT2D eigenvalue weighted by atomic mass is 9.96. The third-order valence-corrected chi connectivity index (χ3v) is 5.56. The maximum absolute atomic E-state index is 9.96. The molecule has 5 heteroatoms. The van der Waals surface area contributed by atoms with E-state index >= 15 is 0 Å². The lowest BCUT2D eigenvalue weighted by Gasteiger charge is -2.19. The number of hydrogen-bond donors (Lipinski definition) is 3. The molecule has 1 aromatic rings. The van der Waals surface area contributed by atoms with Gasteiger partial charge < -0.3 is 15.7 Å². The van der Waals surface area contributed by atoms with Gasteiger partial charge >= 0.3 is 0 Å². The van der Waals surface area contributed by atoms with Crippen LogP contribution in [0.15, 0.2) is 29.3 Å². The van der Waals surface area contributed by atoms with E-state index in [0.717, 1.165) is 62.7 Å². The number of benzene rings is 1. The molecule has 24 heavy (non-hydrogen) atoms. The maximum atomic E-state index is 9.96. The molecular weight excluding hydrogens is 322 g/mol. The van der Waals surface area contributed by atoms with Crippen LogP contribution in [0.1, 0.15) is 44.6 Å². The van der Waals surface area contributed by atoms with Gasteiger partial charge in [-0.1, -0.05) is 30.2 Å². The summed E-state index contributed by atoms with van der Waals surface area (Å²) in [5.41, 5.74) is 1.45. The highest BCUT2D eigenvalue weighted by molar-refractivity contribution is 6.30. The van der Waals surface area contributed by atoms with Crippen molar-refractivity contribution in [3.63, 3.8) is 0 Å². The number of aliphatic hydroxyl groups is 1. The van der Waals surface area contributed by atoms with Crippen molar-refractivity contribution in [1.82, 2.24) is 10.6 Å². The first-order chi connectivity index (χ1) is 11.6. The van der Waals surface area contributed by atoms with Crippen molar-refractivity contribution in [1.29, 1.82) is 0 Å². The van der Waals surface area contributed by atoms with Crippen molar-refractivity contribution in [2.24, 2.45) is 10.9 Å². The van der Waals surface area contributed by atoms with Gasteiger partial charge in [-0.05, 0) is 50.3 Å². The molecule has 0 heterocycles. The van der Waals surface area contributed by atoms with E-state index < -0.39 is 0 Å². The number of nitrogens with zero attached hydrogens (tertiary/aromatic N) is 1. The van der Waals surface area contributed by atoms with Gasteiger partial charge in [-0.2, -0.15) is 0 Å². The Labute approximate surface area is 149 Å². The molecule has 2 fully saturated rings. The Hall–Kier alpha value is -1.26. The summed E-state index contributed by atoms with van der Waals surface area (Å²) in [6.07, 6.45) is 5.31. The van der Waals surface area contributed by atoms with Crippen LogP contribution in [0.4, 0.5) is 0 Å². The monoisotopic (exact) mass is 349 g/mol. The molecule has 1 aromatic carbocycles. The fourth-order valence-electron chi connectivity index (χ4n) is 3.56. The van der Waals surface area contributed by atoms with Crippen LogP contribution in [0.5, 0.6) is 0 Å². The molecule has 0 saturated heterocycles. The predicted molar refractivity (Wildman–Crippen MR) is 99.7 cm³/mol. The normalized spacial score (nSPS) is 25.5. The van der Waals surface area contributed by atoms with Crippen LogP contribution < -0.4 is 10.6 Å². The van der Waals surface area contributed by atoms with Gasteiger partial charge in [-0.25, -0.2) is 0 Å². The summed E-state index contributed by atoms with van der Waals surface area (Å²) in [6.45, 7) is 4.47. The first kappa shape index (κ1) is 17.6. The van der Waals surface area contributed by atoms with E-state index in [1.807, 2.05) is 12.1 Å². The Morgan fingerprint density at radius 1 is 1.33 bits per heavy atom. The van der Waals surface area contributed by atoms with Crippen molar-refractivity contribution >= 4 is 17.6 Å². The Morgan fingerprint density at radius 2 is 2.17 bits per heavy atom. The Bertz CT molecular complexity index is 586. The van der Waals surface area contributed by atoms with E-state index in [2.05, 4.69) is 29.7 Å². The summed E-state index contributed by atoms with van der Waals surface area (Å²) in [5, 5.41) is 17.5. The molecule has 2 aliphatic rings. The minimum absolute atomic E-state index is 0.153. The summed E-state index contributed by atoms with van der Waals surface area (Å²) in [4.78, 5) is 4.81. The van der Waals surface area contributed by atoms with Gasteiger partial charge in [0.25, 0.3) is 0 Å². The molecular formula is C19H28ClN3O. The quantitative estimate of drug-likeness (QED) is 0.546. The molecule has 2 atom stereocenters. The average Bonchev–Trinajstić information content (AvgIpc) is 3.26. The summed E-state index contributed by atoms with van der Waals surface area (Å²) in [5.74, 6) is 1.20. The molecule has 4 nitrogen and oxygen atoms in total. The molecule has 132 valence electrons. The van der Waals surface area contributed by atoms with E-state index in [-0.39, 0.29) is 11.5 Å². The second-order valence-electron chi connectivity index (χ2n) is 7.13. The average molecular weight is 350 g/mol. The molecule has 2 aliphatic carbocycles. The van der Waals surface area contributed by atoms with Gasteiger partial charge in [0, 0.05) is 29.4 Å². The zero-order chi connectivity index (χ0) is 17.0. The lowest BCUT2D eigenvalue weighted by Crippen LogP contribution is -2.41. The molecule has 3 N–H and O–H groups in total.